The van der Waals surface area contributed by atoms with Crippen molar-refractivity contribution in [1.82, 2.24) is 10.2 Å². The number of carbonyl (C=O) groups is 3. The van der Waals surface area contributed by atoms with Crippen LogP contribution >= 0.6 is 23.2 Å². The van der Waals surface area contributed by atoms with E-state index in [2.05, 4.69) is 17.1 Å². The molecule has 0 bridgehead atoms. The van der Waals surface area contributed by atoms with Gasteiger partial charge < -0.3 is 24.8 Å². The fourth-order valence-corrected chi connectivity index (χ4v) is 8.61. The normalized spacial score (nSPS) is 17.0. The van der Waals surface area contributed by atoms with Gasteiger partial charge in [0, 0.05) is 31.6 Å². The molecule has 0 fully saturated rings. The highest BCUT2D eigenvalue weighted by Crippen LogP contribution is 2.43. The number of aliphatic carboxylic acids is 1. The maximum atomic E-state index is 14.5. The van der Waals surface area contributed by atoms with Crippen molar-refractivity contribution >= 4 is 46.7 Å². The predicted octanol–water partition coefficient (Wildman–Crippen LogP) is 10.2. The Morgan fingerprint density at radius 3 is 2.19 bits per heavy atom. The van der Waals surface area contributed by atoms with E-state index >= 15 is 0 Å². The van der Waals surface area contributed by atoms with Gasteiger partial charge in [-0.3, -0.25) is 14.5 Å². The number of hydrogen-bond donors (Lipinski definition) is 2. The van der Waals surface area contributed by atoms with Gasteiger partial charge in [0.1, 0.15) is 30.0 Å². The molecule has 2 heterocycles. The standard InChI is InChI=1S/C50H44Cl2FN3O6/c1-3-43(34-7-5-4-6-8-34)56-28-37-27-46-44(55(2)49(58)47(62-46)35-16-20-39(21-17-35)61-29-31-11-22-40(51)41(52)23-31)25-36(37)26-45(56)48(57)54-42(50(59)60)24-30-9-12-32(13-10-30)33-14-18-38(53)19-15-33/h4-23,25,27,42-43,45,47H,3,24,26,28-29H2,1-2H3,(H,54,57)(H,59,60)/t42?,43-,45-,47+/m0/s1. The van der Waals surface area contributed by atoms with Crippen molar-refractivity contribution in [1.29, 1.82) is 0 Å². The van der Waals surface area contributed by atoms with Gasteiger partial charge in [-0.1, -0.05) is 115 Å². The SMILES string of the molecule is CC[C@@H](c1ccccc1)N1Cc2cc3c(cc2C[C@H]1C(=O)NC(Cc1ccc(-c2ccc(F)cc2)cc1)C(=O)O)N(C)C(=O)[C@@H](c1ccc(OCc2ccc(Cl)c(Cl)c2)cc1)O3. The highest BCUT2D eigenvalue weighted by atomic mass is 35.5. The van der Waals surface area contributed by atoms with Crippen molar-refractivity contribution in [3.05, 3.63) is 183 Å². The smallest absolute Gasteiger partial charge is 0.326 e. The number of likely N-dealkylation sites (N-methyl/N-ethyl adjacent to an activating group) is 1. The quantitative estimate of drug-likeness (QED) is 0.119. The molecule has 9 nitrogen and oxygen atoms in total. The molecule has 6 aromatic rings. The van der Waals surface area contributed by atoms with Gasteiger partial charge in [0.2, 0.25) is 12.0 Å². The van der Waals surface area contributed by atoms with E-state index in [-0.39, 0.29) is 37.2 Å². The summed E-state index contributed by atoms with van der Waals surface area (Å²) in [4.78, 5) is 44.7. The first-order valence-corrected chi connectivity index (χ1v) is 21.2. The third kappa shape index (κ3) is 9.18. The molecule has 4 atom stereocenters. The number of rotatable bonds is 13. The highest BCUT2D eigenvalue weighted by Gasteiger charge is 2.40. The zero-order valence-corrected chi connectivity index (χ0v) is 35.6. The number of benzene rings is 6. The van der Waals surface area contributed by atoms with Crippen molar-refractivity contribution in [3.8, 4) is 22.6 Å². The van der Waals surface area contributed by atoms with Crippen LogP contribution in [0.5, 0.6) is 11.5 Å². The summed E-state index contributed by atoms with van der Waals surface area (Å²) < 4.78 is 25.9. The first-order chi connectivity index (χ1) is 29.9. The monoisotopic (exact) mass is 871 g/mol. The maximum absolute atomic E-state index is 14.5. The lowest BCUT2D eigenvalue weighted by molar-refractivity contribution is -0.143. The summed E-state index contributed by atoms with van der Waals surface area (Å²) >= 11 is 12.2. The number of hydrogen-bond acceptors (Lipinski definition) is 6. The maximum Gasteiger partial charge on any atom is 0.326 e. The number of nitrogens with zero attached hydrogens (tertiary/aromatic N) is 2. The van der Waals surface area contributed by atoms with Gasteiger partial charge in [0.25, 0.3) is 5.91 Å². The molecule has 0 saturated heterocycles. The van der Waals surface area contributed by atoms with Crippen LogP contribution in [0.4, 0.5) is 10.1 Å². The lowest BCUT2D eigenvalue weighted by Crippen LogP contribution is -2.55. The van der Waals surface area contributed by atoms with Crippen LogP contribution in [-0.2, 0) is 40.4 Å². The van der Waals surface area contributed by atoms with Crippen molar-refractivity contribution < 1.29 is 33.4 Å². The largest absolute Gasteiger partial charge is 0.489 e. The summed E-state index contributed by atoms with van der Waals surface area (Å²) in [7, 11) is 1.71. The second-order valence-electron chi connectivity index (χ2n) is 15.6. The van der Waals surface area contributed by atoms with E-state index in [9.17, 15) is 23.9 Å². The van der Waals surface area contributed by atoms with Crippen LogP contribution in [0.15, 0.2) is 133 Å². The summed E-state index contributed by atoms with van der Waals surface area (Å²) in [6, 6.07) is 37.8. The van der Waals surface area contributed by atoms with Gasteiger partial charge in [0.15, 0.2) is 0 Å². The van der Waals surface area contributed by atoms with Crippen LogP contribution in [-0.4, -0.2) is 46.9 Å². The molecule has 2 N–H and O–H groups in total. The van der Waals surface area contributed by atoms with E-state index in [0.717, 1.165) is 38.9 Å². The topological polar surface area (TPSA) is 108 Å². The molecule has 0 saturated carbocycles. The van der Waals surface area contributed by atoms with Crippen molar-refractivity contribution in [2.75, 3.05) is 11.9 Å². The van der Waals surface area contributed by atoms with Crippen LogP contribution in [0.25, 0.3) is 11.1 Å². The zero-order chi connectivity index (χ0) is 43.5. The Balaban J connectivity index is 1.02. The summed E-state index contributed by atoms with van der Waals surface area (Å²) in [5, 5.41) is 14.1. The molecule has 62 heavy (non-hydrogen) atoms. The van der Waals surface area contributed by atoms with E-state index in [1.54, 1.807) is 48.3 Å². The van der Waals surface area contributed by atoms with Crippen molar-refractivity contribution in [3.63, 3.8) is 0 Å². The van der Waals surface area contributed by atoms with Gasteiger partial charge in [-0.2, -0.15) is 0 Å². The average Bonchev–Trinajstić information content (AvgIpc) is 3.28. The molecule has 2 aliphatic rings. The molecular weight excluding hydrogens is 828 g/mol. The van der Waals surface area contributed by atoms with Crippen LogP contribution in [0.1, 0.15) is 58.9 Å². The number of ether oxygens (including phenoxy) is 2. The molecule has 0 aliphatic carbocycles. The van der Waals surface area contributed by atoms with Gasteiger partial charge in [-0.05, 0) is 100 Å². The van der Waals surface area contributed by atoms with Crippen LogP contribution in [0, 0.1) is 5.82 Å². The second kappa shape index (κ2) is 18.4. The third-order valence-corrected chi connectivity index (χ3v) is 12.4. The molecule has 2 aliphatic heterocycles. The van der Waals surface area contributed by atoms with Gasteiger partial charge in [-0.25, -0.2) is 9.18 Å². The lowest BCUT2D eigenvalue weighted by atomic mass is 9.88. The Kier molecular flexibility index (Phi) is 12.6. The number of carboxylic acid groups (broad SMARTS) is 1. The van der Waals surface area contributed by atoms with Crippen LogP contribution < -0.4 is 19.7 Å². The summed E-state index contributed by atoms with van der Waals surface area (Å²) in [5.41, 5.74) is 7.40. The molecule has 2 amide bonds. The zero-order valence-electron chi connectivity index (χ0n) is 34.1. The Bertz CT molecular complexity index is 2590. The summed E-state index contributed by atoms with van der Waals surface area (Å²) in [6.45, 7) is 2.74. The van der Waals surface area contributed by atoms with Gasteiger partial charge in [-0.15, -0.1) is 0 Å². The van der Waals surface area contributed by atoms with Crippen LogP contribution in [0.2, 0.25) is 10.0 Å². The molecule has 0 spiro atoms. The molecule has 12 heteroatoms. The number of anilines is 1. The molecular formula is C50H44Cl2FN3O6. The van der Waals surface area contributed by atoms with Crippen molar-refractivity contribution in [2.45, 2.75) is 63.6 Å². The molecule has 0 radical (unpaired) electrons. The molecule has 0 aromatic heterocycles. The second-order valence-corrected chi connectivity index (χ2v) is 16.4. The Hall–Kier alpha value is -6.20. The molecule has 8 rings (SSSR count). The fourth-order valence-electron chi connectivity index (χ4n) is 8.28. The number of carbonyl (C=O) groups excluding carboxylic acids is 2. The minimum atomic E-state index is -1.19. The number of carboxylic acids is 1. The Labute approximate surface area is 369 Å². The lowest BCUT2D eigenvalue weighted by Gasteiger charge is -2.42. The van der Waals surface area contributed by atoms with E-state index in [4.69, 9.17) is 32.7 Å². The van der Waals surface area contributed by atoms with E-state index in [1.807, 2.05) is 84.9 Å². The van der Waals surface area contributed by atoms with E-state index < -0.39 is 30.1 Å². The molecule has 6 aromatic carbocycles. The molecule has 316 valence electrons. The van der Waals surface area contributed by atoms with Gasteiger partial charge in [0.05, 0.1) is 21.8 Å². The number of halogens is 3. The number of fused-ring (bicyclic) bond motifs is 2. The summed E-state index contributed by atoms with van der Waals surface area (Å²) in [5.74, 6) is -0.969. The minimum absolute atomic E-state index is 0.0668. The minimum Gasteiger partial charge on any atom is -0.489 e. The fraction of sp³-hybridized carbons (Fsp3) is 0.220. The van der Waals surface area contributed by atoms with E-state index in [1.165, 1.54) is 12.1 Å². The Morgan fingerprint density at radius 1 is 0.855 bits per heavy atom. The van der Waals surface area contributed by atoms with Crippen LogP contribution in [0.3, 0.4) is 0 Å². The van der Waals surface area contributed by atoms with E-state index in [0.29, 0.717) is 45.8 Å². The van der Waals surface area contributed by atoms with Crippen molar-refractivity contribution in [2.24, 2.45) is 0 Å². The number of amides is 2. The number of nitrogens with one attached hydrogen (secondary N) is 1. The van der Waals surface area contributed by atoms with Gasteiger partial charge >= 0.3 is 5.97 Å². The average molecular weight is 873 g/mol. The highest BCUT2D eigenvalue weighted by molar-refractivity contribution is 6.42. The predicted molar refractivity (Wildman–Crippen MR) is 238 cm³/mol. The Morgan fingerprint density at radius 2 is 1.53 bits per heavy atom. The first-order valence-electron chi connectivity index (χ1n) is 20.4. The third-order valence-electron chi connectivity index (χ3n) is 11.6. The molecule has 1 unspecified atom stereocenters. The summed E-state index contributed by atoms with van der Waals surface area (Å²) in [6.07, 6.45) is 0.149. The first kappa shape index (κ1) is 42.5.